The molecule has 146 valence electrons. The van der Waals surface area contributed by atoms with Crippen LogP contribution in [0.15, 0.2) is 50.4 Å². The van der Waals surface area contributed by atoms with Crippen molar-refractivity contribution in [1.29, 1.82) is 0 Å². The number of furan rings is 1. The molecule has 28 heavy (non-hydrogen) atoms. The van der Waals surface area contributed by atoms with Crippen LogP contribution in [-0.2, 0) is 0 Å². The summed E-state index contributed by atoms with van der Waals surface area (Å²) < 4.78 is 22.5. The predicted molar refractivity (Wildman–Crippen MR) is 110 cm³/mol. The molecule has 1 amide bonds. The fourth-order valence-electron chi connectivity index (χ4n) is 2.65. The summed E-state index contributed by atoms with van der Waals surface area (Å²) in [5.41, 5.74) is 3.69. The number of nitrogens with zero attached hydrogens (tertiary/aromatic N) is 1. The second kappa shape index (κ2) is 8.79. The maximum atomic E-state index is 12.3. The van der Waals surface area contributed by atoms with Gasteiger partial charge in [0.05, 0.1) is 31.5 Å². The molecule has 0 fully saturated rings. The number of halogens is 1. The second-order valence-electron chi connectivity index (χ2n) is 5.66. The lowest BCUT2D eigenvalue weighted by molar-refractivity contribution is 0.0929. The van der Waals surface area contributed by atoms with Gasteiger partial charge in [-0.2, -0.15) is 5.10 Å². The number of rotatable bonds is 7. The van der Waals surface area contributed by atoms with Crippen molar-refractivity contribution in [2.75, 3.05) is 20.8 Å². The van der Waals surface area contributed by atoms with Gasteiger partial charge in [-0.15, -0.1) is 0 Å². The van der Waals surface area contributed by atoms with Crippen LogP contribution in [0.4, 0.5) is 0 Å². The van der Waals surface area contributed by atoms with Crippen LogP contribution in [0.25, 0.3) is 11.0 Å². The largest absolute Gasteiger partial charge is 0.493 e. The number of carbonyl (C=O) groups excluding carboxylic acids is 1. The van der Waals surface area contributed by atoms with E-state index in [1.54, 1.807) is 32.4 Å². The Kier molecular flexibility index (Phi) is 6.20. The lowest BCUT2D eigenvalue weighted by Gasteiger charge is -2.11. The van der Waals surface area contributed by atoms with Gasteiger partial charge in [0.2, 0.25) is 0 Å². The van der Waals surface area contributed by atoms with E-state index in [2.05, 4.69) is 26.5 Å². The average molecular weight is 447 g/mol. The van der Waals surface area contributed by atoms with Crippen molar-refractivity contribution < 1.29 is 23.4 Å². The second-order valence-corrected chi connectivity index (χ2v) is 6.51. The highest BCUT2D eigenvalue weighted by Gasteiger charge is 2.14. The number of methoxy groups -OCH3 is 2. The molecule has 7 nitrogen and oxygen atoms in total. The zero-order chi connectivity index (χ0) is 20.1. The third-order valence-corrected chi connectivity index (χ3v) is 4.46. The molecule has 3 rings (SSSR count). The first-order valence-corrected chi connectivity index (χ1v) is 9.27. The van der Waals surface area contributed by atoms with Gasteiger partial charge in [0.15, 0.2) is 28.6 Å². The molecule has 3 aromatic rings. The van der Waals surface area contributed by atoms with Crippen LogP contribution >= 0.6 is 15.9 Å². The minimum atomic E-state index is -0.466. The van der Waals surface area contributed by atoms with Crippen molar-refractivity contribution >= 4 is 39.0 Å². The molecule has 8 heteroatoms. The van der Waals surface area contributed by atoms with Gasteiger partial charge in [-0.3, -0.25) is 4.79 Å². The number of hydrazone groups is 1. The lowest BCUT2D eigenvalue weighted by Crippen LogP contribution is -2.16. The molecular formula is C20H19BrN2O5. The van der Waals surface area contributed by atoms with Gasteiger partial charge >= 0.3 is 5.91 Å². The Labute approximate surface area is 170 Å². The number of benzene rings is 2. The van der Waals surface area contributed by atoms with Crippen molar-refractivity contribution in [1.82, 2.24) is 5.43 Å². The molecule has 1 N–H and O–H groups in total. The van der Waals surface area contributed by atoms with E-state index in [9.17, 15) is 4.79 Å². The van der Waals surface area contributed by atoms with E-state index >= 15 is 0 Å². The number of ether oxygens (including phenoxy) is 3. The molecule has 0 aliphatic heterocycles. The Balaban J connectivity index is 1.76. The Morgan fingerprint density at radius 3 is 2.75 bits per heavy atom. The van der Waals surface area contributed by atoms with Crippen LogP contribution in [0, 0.1) is 0 Å². The summed E-state index contributed by atoms with van der Waals surface area (Å²) in [5, 5.41) is 4.77. The number of carbonyl (C=O) groups is 1. The molecule has 0 spiro atoms. The van der Waals surface area contributed by atoms with E-state index < -0.39 is 5.91 Å². The zero-order valence-corrected chi connectivity index (χ0v) is 17.2. The van der Waals surface area contributed by atoms with Gasteiger partial charge in [0, 0.05) is 5.39 Å². The molecule has 0 saturated carbocycles. The SMILES string of the molecule is CCOc1cc(/C=N\NC(=O)c2cc3cccc(OC)c3o2)cc(Br)c1OC. The number of hydrogen-bond donors (Lipinski definition) is 1. The predicted octanol–water partition coefficient (Wildman–Crippen LogP) is 4.38. The zero-order valence-electron chi connectivity index (χ0n) is 15.6. The summed E-state index contributed by atoms with van der Waals surface area (Å²) in [6, 6.07) is 10.7. The normalized spacial score (nSPS) is 11.0. The first kappa shape index (κ1) is 19.8. The Hall–Kier alpha value is -3.00. The van der Waals surface area contributed by atoms with Gasteiger partial charge in [-0.25, -0.2) is 5.43 Å². The maximum absolute atomic E-state index is 12.3. The number of fused-ring (bicyclic) bond motifs is 1. The van der Waals surface area contributed by atoms with E-state index in [1.807, 2.05) is 25.1 Å². The van der Waals surface area contributed by atoms with E-state index in [-0.39, 0.29) is 5.76 Å². The molecular weight excluding hydrogens is 428 g/mol. The van der Waals surface area contributed by atoms with Crippen LogP contribution in [0.5, 0.6) is 17.2 Å². The van der Waals surface area contributed by atoms with Crippen LogP contribution in [-0.4, -0.2) is 32.9 Å². The highest BCUT2D eigenvalue weighted by atomic mass is 79.9. The first-order valence-electron chi connectivity index (χ1n) is 8.47. The van der Waals surface area contributed by atoms with Gasteiger partial charge in [-0.05, 0) is 52.7 Å². The Morgan fingerprint density at radius 1 is 1.21 bits per heavy atom. The molecule has 0 unspecified atom stereocenters. The van der Waals surface area contributed by atoms with Crippen molar-refractivity contribution in [2.45, 2.75) is 6.92 Å². The third-order valence-electron chi connectivity index (χ3n) is 3.87. The van der Waals surface area contributed by atoms with Gasteiger partial charge in [-0.1, -0.05) is 12.1 Å². The quantitative estimate of drug-likeness (QED) is 0.430. The van der Waals surface area contributed by atoms with Crippen molar-refractivity contribution in [3.05, 3.63) is 52.2 Å². The fraction of sp³-hybridized carbons (Fsp3) is 0.200. The minimum absolute atomic E-state index is 0.141. The highest BCUT2D eigenvalue weighted by Crippen LogP contribution is 2.36. The highest BCUT2D eigenvalue weighted by molar-refractivity contribution is 9.10. The summed E-state index contributed by atoms with van der Waals surface area (Å²) in [7, 11) is 3.11. The van der Waals surface area contributed by atoms with Crippen molar-refractivity contribution in [3.63, 3.8) is 0 Å². The minimum Gasteiger partial charge on any atom is -0.493 e. The summed E-state index contributed by atoms with van der Waals surface area (Å²) in [6.45, 7) is 2.38. The van der Waals surface area contributed by atoms with Gasteiger partial charge in [0.25, 0.3) is 0 Å². The first-order chi connectivity index (χ1) is 13.6. The molecule has 0 aliphatic carbocycles. The molecule has 2 aromatic carbocycles. The van der Waals surface area contributed by atoms with E-state index in [4.69, 9.17) is 18.6 Å². The Bertz CT molecular complexity index is 1030. The average Bonchev–Trinajstić information content (AvgIpc) is 3.12. The number of para-hydroxylation sites is 1. The van der Waals surface area contributed by atoms with E-state index in [1.165, 1.54) is 6.21 Å². The van der Waals surface area contributed by atoms with Crippen LogP contribution in [0.2, 0.25) is 0 Å². The van der Waals surface area contributed by atoms with Crippen molar-refractivity contribution in [2.24, 2.45) is 5.10 Å². The molecule has 0 atom stereocenters. The molecule has 0 aliphatic rings. The van der Waals surface area contributed by atoms with Crippen LogP contribution < -0.4 is 19.6 Å². The molecule has 1 heterocycles. The van der Waals surface area contributed by atoms with E-state index in [0.717, 1.165) is 15.4 Å². The molecule has 0 saturated heterocycles. The third kappa shape index (κ3) is 4.12. The van der Waals surface area contributed by atoms with Crippen molar-refractivity contribution in [3.8, 4) is 17.2 Å². The monoisotopic (exact) mass is 446 g/mol. The summed E-state index contributed by atoms with van der Waals surface area (Å²) >= 11 is 3.44. The summed E-state index contributed by atoms with van der Waals surface area (Å²) in [5.74, 6) is 1.41. The number of hydrogen-bond acceptors (Lipinski definition) is 6. The van der Waals surface area contributed by atoms with Gasteiger partial charge in [0.1, 0.15) is 0 Å². The maximum Gasteiger partial charge on any atom is 0.307 e. The number of nitrogens with one attached hydrogen (secondary N) is 1. The smallest absolute Gasteiger partial charge is 0.307 e. The molecule has 0 bridgehead atoms. The summed E-state index contributed by atoms with van der Waals surface area (Å²) in [4.78, 5) is 12.3. The van der Waals surface area contributed by atoms with Crippen LogP contribution in [0.3, 0.4) is 0 Å². The van der Waals surface area contributed by atoms with Crippen LogP contribution in [0.1, 0.15) is 23.0 Å². The molecule has 0 radical (unpaired) electrons. The number of amides is 1. The molecule has 1 aromatic heterocycles. The fourth-order valence-corrected chi connectivity index (χ4v) is 3.27. The van der Waals surface area contributed by atoms with Gasteiger partial charge < -0.3 is 18.6 Å². The van der Waals surface area contributed by atoms with E-state index in [0.29, 0.717) is 29.4 Å². The Morgan fingerprint density at radius 2 is 2.04 bits per heavy atom. The lowest BCUT2D eigenvalue weighted by atomic mass is 10.2. The summed E-state index contributed by atoms with van der Waals surface area (Å²) in [6.07, 6.45) is 1.51. The topological polar surface area (TPSA) is 82.3 Å². The standard InChI is InChI=1S/C20H19BrN2O5/c1-4-27-16-9-12(8-14(21)19(16)26-3)11-22-23-20(24)17-10-13-6-5-7-15(25-2)18(13)28-17/h5-11H,4H2,1-3H3,(H,23,24)/b22-11-.